The zero-order valence-corrected chi connectivity index (χ0v) is 12.4. The van der Waals surface area contributed by atoms with E-state index in [4.69, 9.17) is 0 Å². The van der Waals surface area contributed by atoms with Gasteiger partial charge in [0.1, 0.15) is 0 Å². The predicted molar refractivity (Wildman–Crippen MR) is 79.1 cm³/mol. The molecule has 0 bridgehead atoms. The van der Waals surface area contributed by atoms with Gasteiger partial charge in [0.05, 0.1) is 6.10 Å². The Labute approximate surface area is 116 Å². The maximum Gasteiger partial charge on any atom is 0.0621 e. The Morgan fingerprint density at radius 3 is 2.42 bits per heavy atom. The van der Waals surface area contributed by atoms with Gasteiger partial charge in [-0.1, -0.05) is 44.2 Å². The summed E-state index contributed by atoms with van der Waals surface area (Å²) < 4.78 is 0. The van der Waals surface area contributed by atoms with Crippen LogP contribution in [0.5, 0.6) is 0 Å². The molecule has 106 valence electrons. The normalized spacial score (nSPS) is 27.1. The van der Waals surface area contributed by atoms with Crippen LogP contribution in [-0.2, 0) is 0 Å². The average Bonchev–Trinajstić information content (AvgIpc) is 2.38. The first-order valence-electron chi connectivity index (χ1n) is 7.05. The van der Waals surface area contributed by atoms with Gasteiger partial charge in [-0.25, -0.2) is 0 Å². The molecule has 2 N–H and O–H groups in total. The lowest BCUT2D eigenvalue weighted by Crippen LogP contribution is -2.60. The van der Waals surface area contributed by atoms with Gasteiger partial charge >= 0.3 is 0 Å². The van der Waals surface area contributed by atoms with Gasteiger partial charge in [-0.3, -0.25) is 0 Å². The van der Waals surface area contributed by atoms with Crippen LogP contribution in [-0.4, -0.2) is 42.8 Å². The van der Waals surface area contributed by atoms with E-state index >= 15 is 0 Å². The summed E-state index contributed by atoms with van der Waals surface area (Å²) in [5.74, 6) is 0. The lowest BCUT2D eigenvalue weighted by molar-refractivity contribution is -0.0735. The number of benzene rings is 1. The number of likely N-dealkylation sites (N-methyl/N-ethyl adjacent to an activating group) is 1. The molecule has 0 spiro atoms. The minimum atomic E-state index is -0.167. The largest absolute Gasteiger partial charge is 0.392 e. The molecular weight excluding hydrogens is 236 g/mol. The first-order valence-corrected chi connectivity index (χ1v) is 7.05. The number of nitrogens with one attached hydrogen (secondary N) is 1. The molecule has 1 fully saturated rings. The van der Waals surface area contributed by atoms with Crippen molar-refractivity contribution in [1.29, 1.82) is 0 Å². The molecule has 3 atom stereocenters. The highest BCUT2D eigenvalue weighted by Crippen LogP contribution is 2.40. The first kappa shape index (κ1) is 14.5. The monoisotopic (exact) mass is 262 g/mol. The minimum Gasteiger partial charge on any atom is -0.392 e. The summed E-state index contributed by atoms with van der Waals surface area (Å²) in [7, 11) is 4.22. The van der Waals surface area contributed by atoms with Gasteiger partial charge in [-0.05, 0) is 26.1 Å². The highest BCUT2D eigenvalue weighted by molar-refractivity contribution is 5.19. The number of aliphatic hydroxyl groups excluding tert-OH is 1. The summed E-state index contributed by atoms with van der Waals surface area (Å²) in [5.41, 5.74) is 1.32. The fourth-order valence-electron chi connectivity index (χ4n) is 2.78. The molecule has 1 aromatic rings. The van der Waals surface area contributed by atoms with Crippen molar-refractivity contribution < 1.29 is 5.11 Å². The van der Waals surface area contributed by atoms with Crippen LogP contribution in [0.4, 0.5) is 0 Å². The molecule has 0 heterocycles. The van der Waals surface area contributed by atoms with E-state index in [9.17, 15) is 5.11 Å². The second-order valence-corrected chi connectivity index (χ2v) is 6.42. The van der Waals surface area contributed by atoms with Crippen LogP contribution in [0.1, 0.15) is 31.9 Å². The second-order valence-electron chi connectivity index (χ2n) is 6.42. The van der Waals surface area contributed by atoms with Crippen LogP contribution in [0.2, 0.25) is 0 Å². The smallest absolute Gasteiger partial charge is 0.0621 e. The van der Waals surface area contributed by atoms with E-state index < -0.39 is 0 Å². The van der Waals surface area contributed by atoms with Crippen molar-refractivity contribution in [1.82, 2.24) is 10.2 Å². The molecule has 3 heteroatoms. The average molecular weight is 262 g/mol. The van der Waals surface area contributed by atoms with Crippen LogP contribution < -0.4 is 5.32 Å². The fourth-order valence-corrected chi connectivity index (χ4v) is 2.78. The van der Waals surface area contributed by atoms with E-state index in [0.717, 1.165) is 13.0 Å². The number of hydrogen-bond donors (Lipinski definition) is 2. The maximum absolute atomic E-state index is 9.79. The molecule has 1 aromatic carbocycles. The van der Waals surface area contributed by atoms with E-state index in [1.165, 1.54) is 5.56 Å². The van der Waals surface area contributed by atoms with E-state index in [0.29, 0.717) is 12.1 Å². The van der Waals surface area contributed by atoms with Gasteiger partial charge in [0.25, 0.3) is 0 Å². The Kier molecular flexibility index (Phi) is 4.29. The summed E-state index contributed by atoms with van der Waals surface area (Å²) in [6.45, 7) is 5.18. The molecule has 2 rings (SSSR count). The molecule has 1 aliphatic carbocycles. The fraction of sp³-hybridized carbons (Fsp3) is 0.625. The first-order chi connectivity index (χ1) is 8.93. The topological polar surface area (TPSA) is 35.5 Å². The highest BCUT2D eigenvalue weighted by Gasteiger charge is 2.47. The SMILES string of the molecule is CN(C)C(CNC1CC(O)C1(C)C)c1ccccc1. The highest BCUT2D eigenvalue weighted by atomic mass is 16.3. The lowest BCUT2D eigenvalue weighted by atomic mass is 9.64. The van der Waals surface area contributed by atoms with Crippen molar-refractivity contribution in [2.24, 2.45) is 5.41 Å². The van der Waals surface area contributed by atoms with Gasteiger partial charge in [-0.2, -0.15) is 0 Å². The summed E-state index contributed by atoms with van der Waals surface area (Å²) >= 11 is 0. The van der Waals surface area contributed by atoms with E-state index in [1.54, 1.807) is 0 Å². The molecule has 3 unspecified atom stereocenters. The number of hydrogen-bond acceptors (Lipinski definition) is 3. The molecule has 3 nitrogen and oxygen atoms in total. The molecule has 0 saturated heterocycles. The molecule has 0 aromatic heterocycles. The van der Waals surface area contributed by atoms with E-state index in [-0.39, 0.29) is 11.5 Å². The third-order valence-corrected chi connectivity index (χ3v) is 4.58. The van der Waals surface area contributed by atoms with Crippen molar-refractivity contribution in [3.8, 4) is 0 Å². The van der Waals surface area contributed by atoms with Crippen LogP contribution >= 0.6 is 0 Å². The Morgan fingerprint density at radius 1 is 1.32 bits per heavy atom. The zero-order valence-electron chi connectivity index (χ0n) is 12.4. The van der Waals surface area contributed by atoms with Crippen molar-refractivity contribution >= 4 is 0 Å². The van der Waals surface area contributed by atoms with Crippen molar-refractivity contribution in [2.45, 2.75) is 38.5 Å². The quantitative estimate of drug-likeness (QED) is 0.852. The number of rotatable bonds is 5. The van der Waals surface area contributed by atoms with Crippen molar-refractivity contribution in [2.75, 3.05) is 20.6 Å². The van der Waals surface area contributed by atoms with Gasteiger partial charge in [0.15, 0.2) is 0 Å². The molecular formula is C16H26N2O. The van der Waals surface area contributed by atoms with E-state index in [2.05, 4.69) is 68.5 Å². The van der Waals surface area contributed by atoms with Crippen LogP contribution in [0.25, 0.3) is 0 Å². The molecule has 19 heavy (non-hydrogen) atoms. The third-order valence-electron chi connectivity index (χ3n) is 4.58. The van der Waals surface area contributed by atoms with Crippen molar-refractivity contribution in [3.05, 3.63) is 35.9 Å². The summed E-state index contributed by atoms with van der Waals surface area (Å²) in [5, 5.41) is 13.4. The molecule has 0 amide bonds. The van der Waals surface area contributed by atoms with Gasteiger partial charge in [0.2, 0.25) is 0 Å². The zero-order chi connectivity index (χ0) is 14.0. The van der Waals surface area contributed by atoms with Gasteiger partial charge < -0.3 is 15.3 Å². The van der Waals surface area contributed by atoms with Crippen LogP contribution in [0.3, 0.4) is 0 Å². The summed E-state index contributed by atoms with van der Waals surface area (Å²) in [4.78, 5) is 2.24. The Hall–Kier alpha value is -0.900. The Balaban J connectivity index is 1.96. The number of aliphatic hydroxyl groups is 1. The van der Waals surface area contributed by atoms with Crippen LogP contribution in [0.15, 0.2) is 30.3 Å². The molecule has 0 radical (unpaired) electrons. The maximum atomic E-state index is 9.79. The second kappa shape index (κ2) is 5.61. The summed E-state index contributed by atoms with van der Waals surface area (Å²) in [6.07, 6.45) is 0.696. The van der Waals surface area contributed by atoms with E-state index in [1.807, 2.05) is 0 Å². The van der Waals surface area contributed by atoms with Gasteiger partial charge in [0, 0.05) is 24.0 Å². The Bertz CT molecular complexity index is 402. The lowest BCUT2D eigenvalue weighted by Gasteiger charge is -2.50. The standard InChI is InChI=1S/C16H26N2O/c1-16(2)14(10-15(16)19)17-11-13(18(3)4)12-8-6-5-7-9-12/h5-9,13-15,17,19H,10-11H2,1-4H3. The summed E-state index contributed by atoms with van der Waals surface area (Å²) in [6, 6.07) is 11.4. The predicted octanol–water partition coefficient (Wildman–Crippen LogP) is 2.04. The Morgan fingerprint density at radius 2 is 1.95 bits per heavy atom. The minimum absolute atomic E-state index is 0.00640. The third kappa shape index (κ3) is 2.99. The molecule has 0 aliphatic heterocycles. The van der Waals surface area contributed by atoms with Crippen molar-refractivity contribution in [3.63, 3.8) is 0 Å². The molecule has 1 aliphatic rings. The number of nitrogens with zero attached hydrogens (tertiary/aromatic N) is 1. The van der Waals surface area contributed by atoms with Gasteiger partial charge in [-0.15, -0.1) is 0 Å². The van der Waals surface area contributed by atoms with Crippen LogP contribution in [0, 0.1) is 5.41 Å². The molecule has 1 saturated carbocycles.